The second-order valence-corrected chi connectivity index (χ2v) is 4.12. The molecule has 2 heterocycles. The Bertz CT molecular complexity index is 214. The van der Waals surface area contributed by atoms with E-state index in [9.17, 15) is 4.79 Å². The summed E-state index contributed by atoms with van der Waals surface area (Å²) in [5, 5.41) is 3.22. The molecule has 1 amide bonds. The van der Waals surface area contributed by atoms with Crippen molar-refractivity contribution in [3.8, 4) is 0 Å². The summed E-state index contributed by atoms with van der Waals surface area (Å²) in [6.07, 6.45) is 2.24. The molecule has 2 fully saturated rings. The van der Waals surface area contributed by atoms with E-state index in [4.69, 9.17) is 4.74 Å². The standard InChI is InChI=1S/C10H18N2O2/c1-14-9-3-5-12(7-9)10(13)8-2-4-11-6-8/h8-9,11H,2-7H2,1H3/t8-,9?/m0/s1. The molecule has 80 valence electrons. The number of likely N-dealkylation sites (tertiary alicyclic amines) is 1. The van der Waals surface area contributed by atoms with E-state index >= 15 is 0 Å². The molecule has 2 rings (SSSR count). The molecule has 0 aromatic rings. The van der Waals surface area contributed by atoms with Gasteiger partial charge in [0.2, 0.25) is 5.91 Å². The van der Waals surface area contributed by atoms with Crippen LogP contribution in [0.2, 0.25) is 0 Å². The van der Waals surface area contributed by atoms with Crippen LogP contribution in [0.5, 0.6) is 0 Å². The highest BCUT2D eigenvalue weighted by Gasteiger charge is 2.31. The minimum atomic E-state index is 0.214. The fourth-order valence-corrected chi connectivity index (χ4v) is 2.24. The van der Waals surface area contributed by atoms with E-state index in [1.165, 1.54) is 0 Å². The molecule has 14 heavy (non-hydrogen) atoms. The number of carbonyl (C=O) groups excluding carboxylic acids is 1. The Hall–Kier alpha value is -0.610. The molecule has 0 bridgehead atoms. The van der Waals surface area contributed by atoms with Crippen LogP contribution in [-0.4, -0.2) is 50.2 Å². The summed E-state index contributed by atoms with van der Waals surface area (Å²) in [5.74, 6) is 0.528. The first-order chi connectivity index (χ1) is 6.81. The number of methoxy groups -OCH3 is 1. The molecule has 4 nitrogen and oxygen atoms in total. The van der Waals surface area contributed by atoms with E-state index in [0.717, 1.165) is 39.0 Å². The normalized spacial score (nSPS) is 32.5. The number of hydrogen-bond acceptors (Lipinski definition) is 3. The zero-order valence-corrected chi connectivity index (χ0v) is 8.66. The van der Waals surface area contributed by atoms with Crippen molar-refractivity contribution in [2.75, 3.05) is 33.3 Å². The fourth-order valence-electron chi connectivity index (χ4n) is 2.24. The molecule has 0 aromatic carbocycles. The molecule has 4 heteroatoms. The lowest BCUT2D eigenvalue weighted by molar-refractivity contribution is -0.134. The van der Waals surface area contributed by atoms with Crippen LogP contribution in [0.25, 0.3) is 0 Å². The summed E-state index contributed by atoms with van der Waals surface area (Å²) in [4.78, 5) is 13.9. The van der Waals surface area contributed by atoms with Gasteiger partial charge in [0.1, 0.15) is 0 Å². The van der Waals surface area contributed by atoms with Crippen molar-refractivity contribution >= 4 is 5.91 Å². The molecule has 2 atom stereocenters. The molecule has 2 aliphatic rings. The average molecular weight is 198 g/mol. The van der Waals surface area contributed by atoms with Gasteiger partial charge in [-0.15, -0.1) is 0 Å². The minimum absolute atomic E-state index is 0.214. The van der Waals surface area contributed by atoms with E-state index in [1.54, 1.807) is 7.11 Å². The zero-order chi connectivity index (χ0) is 9.97. The maximum atomic E-state index is 11.9. The van der Waals surface area contributed by atoms with Gasteiger partial charge in [-0.05, 0) is 19.4 Å². The lowest BCUT2D eigenvalue weighted by Gasteiger charge is -2.19. The first-order valence-electron chi connectivity index (χ1n) is 5.33. The van der Waals surface area contributed by atoms with Gasteiger partial charge < -0.3 is 15.0 Å². The maximum absolute atomic E-state index is 11.9. The highest BCUT2D eigenvalue weighted by atomic mass is 16.5. The van der Waals surface area contributed by atoms with Gasteiger partial charge >= 0.3 is 0 Å². The molecule has 0 spiro atoms. The van der Waals surface area contributed by atoms with E-state index in [0.29, 0.717) is 5.91 Å². The Balaban J connectivity index is 1.86. The predicted octanol–water partition coefficient (Wildman–Crippen LogP) is -0.157. The largest absolute Gasteiger partial charge is 0.380 e. The van der Waals surface area contributed by atoms with E-state index in [2.05, 4.69) is 5.32 Å². The van der Waals surface area contributed by atoms with Gasteiger partial charge in [-0.25, -0.2) is 0 Å². The van der Waals surface area contributed by atoms with Gasteiger partial charge in [0.25, 0.3) is 0 Å². The van der Waals surface area contributed by atoms with Crippen molar-refractivity contribution in [3.05, 3.63) is 0 Å². The summed E-state index contributed by atoms with van der Waals surface area (Å²) in [6, 6.07) is 0. The molecule has 1 N–H and O–H groups in total. The van der Waals surface area contributed by atoms with Gasteiger partial charge in [-0.3, -0.25) is 4.79 Å². The number of nitrogens with zero attached hydrogens (tertiary/aromatic N) is 1. The summed E-state index contributed by atoms with van der Waals surface area (Å²) in [6.45, 7) is 3.49. The second-order valence-electron chi connectivity index (χ2n) is 4.12. The van der Waals surface area contributed by atoms with Crippen molar-refractivity contribution in [1.29, 1.82) is 0 Å². The smallest absolute Gasteiger partial charge is 0.227 e. The third-order valence-electron chi connectivity index (χ3n) is 3.20. The number of rotatable bonds is 2. The fraction of sp³-hybridized carbons (Fsp3) is 0.900. The van der Waals surface area contributed by atoms with Gasteiger partial charge in [0.05, 0.1) is 12.0 Å². The summed E-state index contributed by atoms with van der Waals surface area (Å²) in [7, 11) is 1.72. The van der Waals surface area contributed by atoms with Crippen LogP contribution >= 0.6 is 0 Å². The number of ether oxygens (including phenoxy) is 1. The van der Waals surface area contributed by atoms with Crippen molar-refractivity contribution < 1.29 is 9.53 Å². The average Bonchev–Trinajstić information content (AvgIpc) is 2.88. The van der Waals surface area contributed by atoms with E-state index in [1.807, 2.05) is 4.90 Å². The third kappa shape index (κ3) is 1.91. The molecule has 1 unspecified atom stereocenters. The molecule has 0 radical (unpaired) electrons. The Labute approximate surface area is 84.6 Å². The van der Waals surface area contributed by atoms with Crippen LogP contribution < -0.4 is 5.32 Å². The van der Waals surface area contributed by atoms with Gasteiger partial charge in [-0.2, -0.15) is 0 Å². The monoisotopic (exact) mass is 198 g/mol. The summed E-state index contributed by atoms with van der Waals surface area (Å²) < 4.78 is 5.24. The highest BCUT2D eigenvalue weighted by Crippen LogP contribution is 2.18. The first kappa shape index (κ1) is 9.93. The lowest BCUT2D eigenvalue weighted by Crippen LogP contribution is -2.36. The predicted molar refractivity (Wildman–Crippen MR) is 53.0 cm³/mol. The van der Waals surface area contributed by atoms with Crippen LogP contribution in [0, 0.1) is 5.92 Å². The molecule has 0 aliphatic carbocycles. The maximum Gasteiger partial charge on any atom is 0.227 e. The van der Waals surface area contributed by atoms with Crippen LogP contribution in [0.1, 0.15) is 12.8 Å². The molecule has 0 saturated carbocycles. The molecule has 0 aromatic heterocycles. The number of hydrogen-bond donors (Lipinski definition) is 1. The molecule has 2 aliphatic heterocycles. The minimum Gasteiger partial charge on any atom is -0.380 e. The SMILES string of the molecule is COC1CCN(C(=O)[C@H]2CCNC2)C1. The summed E-state index contributed by atoms with van der Waals surface area (Å²) >= 11 is 0. The van der Waals surface area contributed by atoms with Crippen molar-refractivity contribution in [3.63, 3.8) is 0 Å². The molecule has 2 saturated heterocycles. The van der Waals surface area contributed by atoms with Crippen molar-refractivity contribution in [1.82, 2.24) is 10.2 Å². The van der Waals surface area contributed by atoms with Crippen molar-refractivity contribution in [2.24, 2.45) is 5.92 Å². The Kier molecular flexibility index (Phi) is 3.03. The topological polar surface area (TPSA) is 41.6 Å². The van der Waals surface area contributed by atoms with E-state index in [-0.39, 0.29) is 12.0 Å². The molecular weight excluding hydrogens is 180 g/mol. The number of amides is 1. The van der Waals surface area contributed by atoms with Gasteiger partial charge in [0, 0.05) is 26.7 Å². The zero-order valence-electron chi connectivity index (χ0n) is 8.66. The Morgan fingerprint density at radius 3 is 2.93 bits per heavy atom. The van der Waals surface area contributed by atoms with Crippen LogP contribution in [-0.2, 0) is 9.53 Å². The molecular formula is C10H18N2O2. The van der Waals surface area contributed by atoms with Crippen LogP contribution in [0.4, 0.5) is 0 Å². The first-order valence-corrected chi connectivity index (χ1v) is 5.33. The Morgan fingerprint density at radius 1 is 1.50 bits per heavy atom. The number of nitrogens with one attached hydrogen (secondary N) is 1. The lowest BCUT2D eigenvalue weighted by atomic mass is 10.1. The van der Waals surface area contributed by atoms with Crippen molar-refractivity contribution in [2.45, 2.75) is 18.9 Å². The summed E-state index contributed by atoms with van der Waals surface area (Å²) in [5.41, 5.74) is 0. The van der Waals surface area contributed by atoms with Crippen LogP contribution in [0.15, 0.2) is 0 Å². The highest BCUT2D eigenvalue weighted by molar-refractivity contribution is 5.79. The Morgan fingerprint density at radius 2 is 2.36 bits per heavy atom. The van der Waals surface area contributed by atoms with Gasteiger partial charge in [-0.1, -0.05) is 0 Å². The van der Waals surface area contributed by atoms with Crippen LogP contribution in [0.3, 0.4) is 0 Å². The van der Waals surface area contributed by atoms with E-state index < -0.39 is 0 Å². The quantitative estimate of drug-likeness (QED) is 0.670. The second kappa shape index (κ2) is 4.28. The van der Waals surface area contributed by atoms with Gasteiger partial charge in [0.15, 0.2) is 0 Å². The third-order valence-corrected chi connectivity index (χ3v) is 3.20. The number of carbonyl (C=O) groups is 1.